The second-order valence-corrected chi connectivity index (χ2v) is 7.61. The maximum absolute atomic E-state index is 14.1. The molecule has 0 bridgehead atoms. The van der Waals surface area contributed by atoms with Gasteiger partial charge in [0.2, 0.25) is 0 Å². The fraction of sp³-hybridized carbons (Fsp3) is 0.182. The van der Waals surface area contributed by atoms with Gasteiger partial charge in [-0.1, -0.05) is 0 Å². The van der Waals surface area contributed by atoms with E-state index in [1.807, 2.05) is 0 Å². The number of amides is 1. The maximum atomic E-state index is 14.1. The Bertz CT molecular complexity index is 1480. The van der Waals surface area contributed by atoms with Crippen LogP contribution in [0.5, 0.6) is 0 Å². The Morgan fingerprint density at radius 3 is 2.47 bits per heavy atom. The molecule has 4 aromatic rings. The quantitative estimate of drug-likeness (QED) is 0.460. The number of nitrogens with one attached hydrogen (secondary N) is 2. The molecule has 3 heterocycles. The molecule has 1 aliphatic heterocycles. The van der Waals surface area contributed by atoms with Crippen LogP contribution in [0.25, 0.3) is 21.7 Å². The average molecular weight is 445 g/mol. The van der Waals surface area contributed by atoms with Crippen molar-refractivity contribution in [3.8, 4) is 0 Å². The van der Waals surface area contributed by atoms with Gasteiger partial charge >= 0.3 is 0 Å². The minimum atomic E-state index is -1.16. The molecular weight excluding hydrogens is 430 g/mol. The lowest BCUT2D eigenvalue weighted by molar-refractivity contribution is 0.0333. The van der Waals surface area contributed by atoms with Gasteiger partial charge in [0.25, 0.3) is 11.5 Å². The topological polar surface area (TPSA) is 78.2 Å². The van der Waals surface area contributed by atoms with E-state index in [0.717, 1.165) is 18.2 Å². The molecule has 6 nitrogen and oxygen atoms in total. The van der Waals surface area contributed by atoms with Crippen LogP contribution in [-0.4, -0.2) is 34.4 Å². The van der Waals surface area contributed by atoms with Gasteiger partial charge in [0.05, 0.1) is 24.6 Å². The number of likely N-dealkylation sites (N-methyl/N-ethyl adjacent to an activating group) is 1. The molecule has 1 atom stereocenters. The van der Waals surface area contributed by atoms with Gasteiger partial charge in [-0.25, -0.2) is 17.6 Å². The van der Waals surface area contributed by atoms with Gasteiger partial charge in [-0.05, 0) is 35.7 Å². The highest BCUT2D eigenvalue weighted by molar-refractivity contribution is 5.98. The average Bonchev–Trinajstić information content (AvgIpc) is 3.21. The van der Waals surface area contributed by atoms with E-state index in [0.29, 0.717) is 11.3 Å². The van der Waals surface area contributed by atoms with E-state index in [2.05, 4.69) is 9.97 Å². The second-order valence-electron chi connectivity index (χ2n) is 7.61. The van der Waals surface area contributed by atoms with Crippen LogP contribution in [0.15, 0.2) is 35.1 Å². The smallest absolute Gasteiger partial charge is 0.270 e. The van der Waals surface area contributed by atoms with Gasteiger partial charge in [0, 0.05) is 29.2 Å². The van der Waals surface area contributed by atoms with Crippen LogP contribution in [0.2, 0.25) is 0 Å². The number of nitrogens with zero attached hydrogens (tertiary/aromatic N) is 1. The van der Waals surface area contributed by atoms with Gasteiger partial charge in [-0.3, -0.25) is 9.59 Å². The van der Waals surface area contributed by atoms with Crippen molar-refractivity contribution >= 4 is 27.6 Å². The van der Waals surface area contributed by atoms with Crippen LogP contribution < -0.4 is 5.56 Å². The lowest BCUT2D eigenvalue weighted by Gasteiger charge is -2.33. The summed E-state index contributed by atoms with van der Waals surface area (Å²) in [4.78, 5) is 32.2. The molecule has 5 rings (SSSR count). The molecule has 0 saturated heterocycles. The summed E-state index contributed by atoms with van der Waals surface area (Å²) in [5.74, 6) is -4.97. The molecular formula is C22H15F4N3O3. The molecule has 10 heteroatoms. The second kappa shape index (κ2) is 7.20. The van der Waals surface area contributed by atoms with Crippen molar-refractivity contribution in [2.45, 2.75) is 12.6 Å². The molecule has 164 valence electrons. The summed E-state index contributed by atoms with van der Waals surface area (Å²) in [6, 6.07) is 4.46. The zero-order valence-electron chi connectivity index (χ0n) is 16.6. The predicted molar refractivity (Wildman–Crippen MR) is 107 cm³/mol. The normalized spacial score (nSPS) is 15.8. The Labute approximate surface area is 177 Å². The van der Waals surface area contributed by atoms with E-state index >= 15 is 0 Å². The van der Waals surface area contributed by atoms with Gasteiger partial charge in [-0.2, -0.15) is 0 Å². The first-order chi connectivity index (χ1) is 15.3. The van der Waals surface area contributed by atoms with Crippen LogP contribution in [0.4, 0.5) is 17.6 Å². The number of aromatic amines is 2. The van der Waals surface area contributed by atoms with Crippen molar-refractivity contribution in [1.82, 2.24) is 14.9 Å². The largest absolute Gasteiger partial charge is 0.373 e. The van der Waals surface area contributed by atoms with E-state index in [1.54, 1.807) is 0 Å². The third-order valence-electron chi connectivity index (χ3n) is 5.75. The first-order valence-electron chi connectivity index (χ1n) is 9.61. The molecule has 0 saturated carbocycles. The number of hydrogen-bond donors (Lipinski definition) is 2. The zero-order valence-corrected chi connectivity index (χ0v) is 16.6. The number of pyridine rings is 1. The molecule has 0 unspecified atom stereocenters. The van der Waals surface area contributed by atoms with Gasteiger partial charge in [-0.15, -0.1) is 0 Å². The summed E-state index contributed by atoms with van der Waals surface area (Å²) < 4.78 is 60.9. The summed E-state index contributed by atoms with van der Waals surface area (Å²) in [6.45, 7) is 0.0491. The Morgan fingerprint density at radius 1 is 1.00 bits per heavy atom. The van der Waals surface area contributed by atoms with Crippen molar-refractivity contribution in [1.29, 1.82) is 0 Å². The van der Waals surface area contributed by atoms with Crippen LogP contribution in [-0.2, 0) is 11.3 Å². The van der Waals surface area contributed by atoms with Crippen molar-refractivity contribution in [3.05, 3.63) is 80.9 Å². The summed E-state index contributed by atoms with van der Waals surface area (Å²) in [5.41, 5.74) is 0.408. The maximum Gasteiger partial charge on any atom is 0.270 e. The molecule has 0 aliphatic carbocycles. The lowest BCUT2D eigenvalue weighted by Crippen LogP contribution is -2.37. The van der Waals surface area contributed by atoms with Gasteiger partial charge in [0.1, 0.15) is 5.69 Å². The standard InChI is InChI=1S/C22H15F4N3O3/c1-29(22(31)16-6-11-15(27-16)3-2-12(23)20(11)26)18-8-32-7-17-19(18)9-4-13(24)14(25)5-10(9)21(30)28-17/h2-6,18,27H,7-8H2,1H3,(H,28,30)/t18-/m1/s1. The van der Waals surface area contributed by atoms with E-state index < -0.39 is 40.8 Å². The van der Waals surface area contributed by atoms with Crippen molar-refractivity contribution in [3.63, 3.8) is 0 Å². The first-order valence-corrected chi connectivity index (χ1v) is 9.61. The van der Waals surface area contributed by atoms with Crippen molar-refractivity contribution in [2.24, 2.45) is 0 Å². The number of aromatic nitrogens is 2. The molecule has 2 aromatic heterocycles. The van der Waals surface area contributed by atoms with Gasteiger partial charge in [0.15, 0.2) is 23.3 Å². The third-order valence-corrected chi connectivity index (χ3v) is 5.75. The SMILES string of the molecule is CN(C(=O)c1cc2c(F)c(F)ccc2[nH]1)[C@@H]1COCc2[nH]c(=O)c3cc(F)c(F)cc3c21. The molecule has 0 radical (unpaired) electrons. The number of ether oxygens (including phenoxy) is 1. The number of H-pyrrole nitrogens is 2. The Morgan fingerprint density at radius 2 is 1.72 bits per heavy atom. The molecule has 1 amide bonds. The van der Waals surface area contributed by atoms with Crippen molar-refractivity contribution in [2.75, 3.05) is 13.7 Å². The highest BCUT2D eigenvalue weighted by atomic mass is 19.2. The van der Waals surface area contributed by atoms with Crippen LogP contribution in [0, 0.1) is 23.3 Å². The molecule has 1 aliphatic rings. The van der Waals surface area contributed by atoms with E-state index in [1.165, 1.54) is 24.1 Å². The number of carbonyl (C=O) groups excluding carboxylic acids is 1. The lowest BCUT2D eigenvalue weighted by atomic mass is 9.95. The Kier molecular flexibility index (Phi) is 4.55. The van der Waals surface area contributed by atoms with Gasteiger partial charge < -0.3 is 19.6 Å². The number of hydrogen-bond acceptors (Lipinski definition) is 3. The molecule has 2 N–H and O–H groups in total. The van der Waals surface area contributed by atoms with Crippen LogP contribution in [0.3, 0.4) is 0 Å². The third kappa shape index (κ3) is 2.98. The van der Waals surface area contributed by atoms with E-state index in [4.69, 9.17) is 4.74 Å². The number of halogens is 4. The minimum absolute atomic E-state index is 0.00470. The number of benzene rings is 2. The van der Waals surface area contributed by atoms with E-state index in [-0.39, 0.29) is 40.6 Å². The monoisotopic (exact) mass is 445 g/mol. The van der Waals surface area contributed by atoms with Crippen LogP contribution in [0.1, 0.15) is 27.8 Å². The Hall–Kier alpha value is -3.66. The fourth-order valence-electron chi connectivity index (χ4n) is 4.14. The molecule has 0 spiro atoms. The highest BCUT2D eigenvalue weighted by Crippen LogP contribution is 2.34. The molecule has 2 aromatic carbocycles. The summed E-state index contributed by atoms with van der Waals surface area (Å²) in [7, 11) is 1.46. The molecule has 32 heavy (non-hydrogen) atoms. The first kappa shape index (κ1) is 20.3. The summed E-state index contributed by atoms with van der Waals surface area (Å²) >= 11 is 0. The van der Waals surface area contributed by atoms with Crippen molar-refractivity contribution < 1.29 is 27.1 Å². The number of carbonyl (C=O) groups is 1. The minimum Gasteiger partial charge on any atom is -0.373 e. The Balaban J connectivity index is 1.62. The summed E-state index contributed by atoms with van der Waals surface area (Å²) in [6.07, 6.45) is 0. The highest BCUT2D eigenvalue weighted by Gasteiger charge is 2.32. The van der Waals surface area contributed by atoms with Crippen LogP contribution >= 0.6 is 0 Å². The number of rotatable bonds is 2. The zero-order chi connectivity index (χ0) is 22.7. The predicted octanol–water partition coefficient (Wildman–Crippen LogP) is 3.91. The molecule has 0 fully saturated rings. The number of fused-ring (bicyclic) bond motifs is 4. The van der Waals surface area contributed by atoms with E-state index in [9.17, 15) is 27.2 Å². The fourth-order valence-corrected chi connectivity index (χ4v) is 4.14. The summed E-state index contributed by atoms with van der Waals surface area (Å²) in [5, 5.41) is 0.0355.